The van der Waals surface area contributed by atoms with Crippen molar-refractivity contribution < 1.29 is 58.2 Å². The summed E-state index contributed by atoms with van der Waals surface area (Å²) in [5.74, 6) is -3.60. The molecule has 2 aliphatic heterocycles. The van der Waals surface area contributed by atoms with Crippen LogP contribution in [0.15, 0.2) is 124 Å². The molecule has 13 nitrogen and oxygen atoms in total. The number of aromatic nitrogens is 1. The van der Waals surface area contributed by atoms with Crippen molar-refractivity contribution in [2.75, 3.05) is 71.4 Å². The van der Waals surface area contributed by atoms with E-state index in [1.807, 2.05) is 35.2 Å². The number of carboxylic acid groups (broad SMARTS) is 1. The molecule has 0 bridgehead atoms. The van der Waals surface area contributed by atoms with Gasteiger partial charge in [0.2, 0.25) is 0 Å². The van der Waals surface area contributed by atoms with E-state index in [0.717, 1.165) is 23.1 Å². The number of halogens is 6. The van der Waals surface area contributed by atoms with Gasteiger partial charge in [-0.2, -0.15) is 13.2 Å². The second-order valence-electron chi connectivity index (χ2n) is 18.6. The Bertz CT molecular complexity index is 3230. The van der Waals surface area contributed by atoms with Crippen LogP contribution >= 0.6 is 11.8 Å². The summed E-state index contributed by atoms with van der Waals surface area (Å²) in [6, 6.07) is 24.8. The first-order valence-corrected chi connectivity index (χ1v) is 27.5. The minimum Gasteiger partial charge on any atom is -0.478 e. The maximum atomic E-state index is 16.8. The molecular formula is C52H54F6N6O7S3. The van der Waals surface area contributed by atoms with Crippen LogP contribution in [0.1, 0.15) is 42.2 Å². The molecule has 2 aliphatic rings. The monoisotopic (exact) mass is 1080 g/mol. The van der Waals surface area contributed by atoms with Crippen LogP contribution in [0.25, 0.3) is 22.4 Å². The first kappa shape index (κ1) is 54.1. The molecule has 0 spiro atoms. The third-order valence-electron chi connectivity index (χ3n) is 13.6. The topological polar surface area (TPSA) is 165 Å². The SMILES string of the molecule is Cc1c(C(=O)O)c(-c2c(F)ccc(N3CCN(c4ccc(NS(=O)(=O)c5ccc(N[C@H](CCN6CCC(C)(O)CC6)CSc6ccccc6)c(S(=O)(=O)C(F)(F)F)c5)cc4)CC3)c2F)c(-c2ccc(F)cc2)n1C. The van der Waals surface area contributed by atoms with Crippen molar-refractivity contribution in [1.29, 1.82) is 0 Å². The van der Waals surface area contributed by atoms with Gasteiger partial charge in [0.15, 0.2) is 5.82 Å². The third kappa shape index (κ3) is 11.7. The zero-order valence-corrected chi connectivity index (χ0v) is 42.9. The molecule has 0 saturated carbocycles. The standard InChI is InChI=1S/C52H54F6N6O7S3/c1-33-45(50(65)66)47(49(61(33)3)34-9-11-35(53)12-10-34)46-41(54)18-20-43(48(46)55)64-29-27-63(28-30-64)38-15-13-36(14-16-38)60-74(70,71)40-17-19-42(44(31-40)73(68,69)52(56,57)58)59-37(32-72-39-7-5-4-6-8-39)21-24-62-25-22-51(2,67)23-26-62/h4-20,31,37,59-60,67H,21-30,32H2,1-3H3,(H,65,66)/t37-/m1/s1. The molecule has 2 fully saturated rings. The molecule has 8 rings (SSSR count). The number of aliphatic hydroxyl groups is 1. The number of carboxylic acids is 1. The number of sulfonamides is 1. The van der Waals surface area contributed by atoms with Gasteiger partial charge in [-0.3, -0.25) is 4.72 Å². The predicted octanol–water partition coefficient (Wildman–Crippen LogP) is 10.0. The highest BCUT2D eigenvalue weighted by atomic mass is 32.2. The van der Waals surface area contributed by atoms with Crippen LogP contribution in [0.3, 0.4) is 0 Å². The number of rotatable bonds is 17. The number of piperazine rings is 1. The van der Waals surface area contributed by atoms with Gasteiger partial charge >= 0.3 is 11.5 Å². The van der Waals surface area contributed by atoms with Crippen LogP contribution in [0.4, 0.5) is 49.1 Å². The fraction of sp³-hybridized carbons (Fsp3) is 0.327. The zero-order valence-electron chi connectivity index (χ0n) is 40.5. The van der Waals surface area contributed by atoms with Gasteiger partial charge in [-0.1, -0.05) is 18.2 Å². The maximum Gasteiger partial charge on any atom is 0.501 e. The summed E-state index contributed by atoms with van der Waals surface area (Å²) >= 11 is 1.42. The molecule has 1 aromatic heterocycles. The number of anilines is 4. The van der Waals surface area contributed by atoms with Crippen LogP contribution in [0.2, 0.25) is 0 Å². The van der Waals surface area contributed by atoms with Crippen molar-refractivity contribution >= 4 is 60.3 Å². The number of likely N-dealkylation sites (tertiary alicyclic amines) is 1. The van der Waals surface area contributed by atoms with Crippen molar-refractivity contribution in [3.8, 4) is 22.4 Å². The van der Waals surface area contributed by atoms with Crippen LogP contribution in [0, 0.1) is 24.4 Å². The van der Waals surface area contributed by atoms with E-state index in [1.54, 1.807) is 31.0 Å². The number of carbonyl (C=O) groups is 1. The molecule has 1 atom stereocenters. The highest BCUT2D eigenvalue weighted by Crippen LogP contribution is 2.44. The van der Waals surface area contributed by atoms with E-state index in [4.69, 9.17) is 0 Å². The number of benzene rings is 5. The Morgan fingerprint density at radius 2 is 1.45 bits per heavy atom. The van der Waals surface area contributed by atoms with E-state index in [2.05, 4.69) is 14.9 Å². The summed E-state index contributed by atoms with van der Waals surface area (Å²) in [6.07, 6.45) is 1.46. The van der Waals surface area contributed by atoms with Gasteiger partial charge in [0.1, 0.15) is 16.5 Å². The molecule has 394 valence electrons. The Morgan fingerprint density at radius 3 is 2.07 bits per heavy atom. The Kier molecular flexibility index (Phi) is 15.8. The molecular weight excluding hydrogens is 1030 g/mol. The van der Waals surface area contributed by atoms with Crippen LogP contribution in [0.5, 0.6) is 0 Å². The smallest absolute Gasteiger partial charge is 0.478 e. The van der Waals surface area contributed by atoms with Gasteiger partial charge in [-0.05, 0) is 130 Å². The van der Waals surface area contributed by atoms with Gasteiger partial charge in [0, 0.05) is 92.2 Å². The Morgan fingerprint density at radius 1 is 0.811 bits per heavy atom. The van der Waals surface area contributed by atoms with Crippen molar-refractivity contribution in [1.82, 2.24) is 9.47 Å². The normalized spacial score (nSPS) is 16.0. The highest BCUT2D eigenvalue weighted by molar-refractivity contribution is 7.99. The van der Waals surface area contributed by atoms with E-state index in [1.165, 1.54) is 65.7 Å². The minimum absolute atomic E-state index is 0.0184. The summed E-state index contributed by atoms with van der Waals surface area (Å²) in [7, 11) is -9.20. The summed E-state index contributed by atoms with van der Waals surface area (Å²) < 4.78 is 147. The van der Waals surface area contributed by atoms with Crippen molar-refractivity contribution in [3.05, 3.63) is 138 Å². The molecule has 22 heteroatoms. The number of piperidine rings is 1. The van der Waals surface area contributed by atoms with E-state index < -0.39 is 81.5 Å². The molecule has 0 radical (unpaired) electrons. The summed E-state index contributed by atoms with van der Waals surface area (Å²) in [5.41, 5.74) is -6.59. The van der Waals surface area contributed by atoms with Gasteiger partial charge < -0.3 is 34.8 Å². The lowest BCUT2D eigenvalue weighted by molar-refractivity contribution is -0.0436. The number of alkyl halides is 3. The van der Waals surface area contributed by atoms with Crippen molar-refractivity contribution in [2.45, 2.75) is 64.9 Å². The number of nitrogens with zero attached hydrogens (tertiary/aromatic N) is 4. The van der Waals surface area contributed by atoms with E-state index in [-0.39, 0.29) is 47.0 Å². The molecule has 5 aromatic carbocycles. The average Bonchev–Trinajstić information content (AvgIpc) is 3.61. The first-order valence-electron chi connectivity index (χ1n) is 23.6. The summed E-state index contributed by atoms with van der Waals surface area (Å²) in [6.45, 7) is 6.05. The third-order valence-corrected chi connectivity index (χ3v) is 17.7. The van der Waals surface area contributed by atoms with E-state index in [9.17, 15) is 49.4 Å². The number of thioether (sulfide) groups is 1. The van der Waals surface area contributed by atoms with Crippen LogP contribution in [-0.2, 0) is 26.9 Å². The van der Waals surface area contributed by atoms with E-state index >= 15 is 8.78 Å². The lowest BCUT2D eigenvalue weighted by atomic mass is 9.94. The Labute approximate surface area is 429 Å². The Hall–Kier alpha value is -6.20. The summed E-state index contributed by atoms with van der Waals surface area (Å²) in [4.78, 5) is 17.2. The molecule has 2 saturated heterocycles. The molecule has 4 N–H and O–H groups in total. The van der Waals surface area contributed by atoms with Crippen molar-refractivity contribution in [2.24, 2.45) is 7.05 Å². The Balaban J connectivity index is 0.980. The van der Waals surface area contributed by atoms with Gasteiger partial charge in [-0.25, -0.2) is 34.8 Å². The minimum atomic E-state index is -6.08. The zero-order chi connectivity index (χ0) is 53.3. The number of hydrogen-bond donors (Lipinski definition) is 4. The highest BCUT2D eigenvalue weighted by Gasteiger charge is 2.48. The molecule has 0 amide bonds. The fourth-order valence-corrected chi connectivity index (χ4v) is 12.4. The van der Waals surface area contributed by atoms with E-state index in [0.29, 0.717) is 75.1 Å². The van der Waals surface area contributed by atoms with Gasteiger partial charge in [-0.15, -0.1) is 11.8 Å². The predicted molar refractivity (Wildman–Crippen MR) is 275 cm³/mol. The van der Waals surface area contributed by atoms with Crippen LogP contribution in [-0.4, -0.2) is 111 Å². The number of sulfone groups is 1. The summed E-state index contributed by atoms with van der Waals surface area (Å²) in [5, 5.41) is 23.7. The van der Waals surface area contributed by atoms with Crippen molar-refractivity contribution in [3.63, 3.8) is 0 Å². The quantitative estimate of drug-likeness (QED) is 0.0506. The maximum absolute atomic E-state index is 16.8. The van der Waals surface area contributed by atoms with Crippen LogP contribution < -0.4 is 19.8 Å². The molecule has 74 heavy (non-hydrogen) atoms. The lowest BCUT2D eigenvalue weighted by Crippen LogP contribution is -2.46. The largest absolute Gasteiger partial charge is 0.501 e. The lowest BCUT2D eigenvalue weighted by Gasteiger charge is -2.37. The molecule has 3 heterocycles. The van der Waals surface area contributed by atoms with Gasteiger partial charge in [0.25, 0.3) is 19.9 Å². The first-order chi connectivity index (χ1) is 34.9. The number of hydrogen-bond acceptors (Lipinski definition) is 11. The fourth-order valence-electron chi connectivity index (χ4n) is 9.29. The molecule has 6 aromatic rings. The second-order valence-corrected chi connectivity index (χ2v) is 23.3. The average molecular weight is 1090 g/mol. The number of nitrogens with one attached hydrogen (secondary N) is 2. The molecule has 0 aliphatic carbocycles. The number of aromatic carboxylic acids is 1. The second kappa shape index (κ2) is 21.6. The molecule has 0 unspecified atom stereocenters. The van der Waals surface area contributed by atoms with Gasteiger partial charge in [0.05, 0.1) is 38.7 Å².